The largest absolute Gasteiger partial charge is 0.338 e. The molecule has 0 saturated carbocycles. The van der Waals surface area contributed by atoms with Crippen LogP contribution in [0.15, 0.2) is 0 Å². The van der Waals surface area contributed by atoms with E-state index in [2.05, 4.69) is 12.2 Å². The van der Waals surface area contributed by atoms with Gasteiger partial charge >= 0.3 is 6.03 Å². The van der Waals surface area contributed by atoms with Gasteiger partial charge in [-0.05, 0) is 32.1 Å². The second kappa shape index (κ2) is 4.39. The molecule has 0 spiro atoms. The molecule has 2 atom stereocenters. The second-order valence-corrected chi connectivity index (χ2v) is 4.76. The van der Waals surface area contributed by atoms with Crippen LogP contribution in [0.4, 0.5) is 4.79 Å². The maximum atomic E-state index is 11.9. The standard InChI is InChI=1S/C11H21N3O/c1-2-5-13-11(15)14-9-3-4-10(14)7-8(12)6-9/h8-10H,2-7,12H2,1H3,(H,13,15). The highest BCUT2D eigenvalue weighted by Crippen LogP contribution is 2.34. The van der Waals surface area contributed by atoms with Crippen LogP contribution >= 0.6 is 0 Å². The van der Waals surface area contributed by atoms with Crippen LogP contribution < -0.4 is 11.1 Å². The van der Waals surface area contributed by atoms with Crippen molar-refractivity contribution in [3.05, 3.63) is 0 Å². The molecule has 0 aliphatic carbocycles. The molecule has 0 radical (unpaired) electrons. The van der Waals surface area contributed by atoms with Crippen LogP contribution in [0.3, 0.4) is 0 Å². The Kier molecular flexibility index (Phi) is 3.14. The Bertz CT molecular complexity index is 230. The number of piperidine rings is 1. The highest BCUT2D eigenvalue weighted by atomic mass is 16.2. The SMILES string of the molecule is CCCNC(=O)N1C2CCC1CC(N)C2. The summed E-state index contributed by atoms with van der Waals surface area (Å²) >= 11 is 0. The van der Waals surface area contributed by atoms with Crippen molar-refractivity contribution >= 4 is 6.03 Å². The lowest BCUT2D eigenvalue weighted by Crippen LogP contribution is -2.53. The number of amides is 2. The highest BCUT2D eigenvalue weighted by molar-refractivity contribution is 5.75. The molecule has 4 nitrogen and oxygen atoms in total. The molecule has 4 heteroatoms. The smallest absolute Gasteiger partial charge is 0.317 e. The zero-order valence-corrected chi connectivity index (χ0v) is 9.41. The van der Waals surface area contributed by atoms with Gasteiger partial charge in [-0.3, -0.25) is 0 Å². The van der Waals surface area contributed by atoms with Crippen molar-refractivity contribution in [1.82, 2.24) is 10.2 Å². The first-order valence-corrected chi connectivity index (χ1v) is 6.04. The minimum atomic E-state index is 0.122. The molecule has 2 fully saturated rings. The fraction of sp³-hybridized carbons (Fsp3) is 0.909. The average Bonchev–Trinajstić information content (AvgIpc) is 2.48. The van der Waals surface area contributed by atoms with Gasteiger partial charge in [-0.2, -0.15) is 0 Å². The Morgan fingerprint density at radius 2 is 2.00 bits per heavy atom. The predicted octanol–water partition coefficient (Wildman–Crippen LogP) is 1.06. The van der Waals surface area contributed by atoms with Gasteiger partial charge in [0.15, 0.2) is 0 Å². The quantitative estimate of drug-likeness (QED) is 0.717. The lowest BCUT2D eigenvalue weighted by atomic mass is 9.99. The second-order valence-electron chi connectivity index (χ2n) is 4.76. The van der Waals surface area contributed by atoms with Crippen LogP contribution in [0.1, 0.15) is 39.0 Å². The van der Waals surface area contributed by atoms with Gasteiger partial charge in [0.25, 0.3) is 0 Å². The lowest BCUT2D eigenvalue weighted by Gasteiger charge is -2.37. The molecule has 2 saturated heterocycles. The Labute approximate surface area is 91.2 Å². The molecular weight excluding hydrogens is 190 g/mol. The molecule has 3 N–H and O–H groups in total. The maximum absolute atomic E-state index is 11.9. The Hall–Kier alpha value is -0.770. The number of nitrogens with zero attached hydrogens (tertiary/aromatic N) is 1. The number of rotatable bonds is 2. The van der Waals surface area contributed by atoms with Gasteiger partial charge in [0.2, 0.25) is 0 Å². The van der Waals surface area contributed by atoms with Crippen molar-refractivity contribution in [2.45, 2.75) is 57.2 Å². The molecule has 0 aromatic carbocycles. The Morgan fingerprint density at radius 3 is 2.53 bits per heavy atom. The molecule has 2 rings (SSSR count). The summed E-state index contributed by atoms with van der Waals surface area (Å²) in [6.07, 6.45) is 5.23. The van der Waals surface area contributed by atoms with Crippen molar-refractivity contribution in [2.75, 3.05) is 6.54 Å². The first-order valence-electron chi connectivity index (χ1n) is 6.04. The summed E-state index contributed by atoms with van der Waals surface area (Å²) in [7, 11) is 0. The van der Waals surface area contributed by atoms with Crippen molar-refractivity contribution in [2.24, 2.45) is 5.73 Å². The highest BCUT2D eigenvalue weighted by Gasteiger charge is 2.41. The summed E-state index contributed by atoms with van der Waals surface area (Å²) < 4.78 is 0. The van der Waals surface area contributed by atoms with Crippen molar-refractivity contribution in [3.63, 3.8) is 0 Å². The lowest BCUT2D eigenvalue weighted by molar-refractivity contribution is 0.139. The van der Waals surface area contributed by atoms with Gasteiger partial charge in [-0.1, -0.05) is 6.92 Å². The summed E-state index contributed by atoms with van der Waals surface area (Å²) in [5.74, 6) is 0. The van der Waals surface area contributed by atoms with E-state index in [4.69, 9.17) is 5.73 Å². The molecule has 0 aromatic heterocycles. The van der Waals surface area contributed by atoms with E-state index < -0.39 is 0 Å². The van der Waals surface area contributed by atoms with E-state index >= 15 is 0 Å². The first kappa shape index (κ1) is 10.7. The van der Waals surface area contributed by atoms with E-state index in [1.807, 2.05) is 4.90 Å². The van der Waals surface area contributed by atoms with Crippen molar-refractivity contribution in [1.29, 1.82) is 0 Å². The van der Waals surface area contributed by atoms with Crippen LogP contribution in [-0.2, 0) is 0 Å². The normalized spacial score (nSPS) is 34.3. The zero-order valence-electron chi connectivity index (χ0n) is 9.41. The molecule has 2 unspecified atom stereocenters. The van der Waals surface area contributed by atoms with Gasteiger partial charge < -0.3 is 16.0 Å². The number of nitrogens with two attached hydrogens (primary N) is 1. The topological polar surface area (TPSA) is 58.4 Å². The maximum Gasteiger partial charge on any atom is 0.317 e. The predicted molar refractivity (Wildman–Crippen MR) is 59.5 cm³/mol. The molecule has 15 heavy (non-hydrogen) atoms. The summed E-state index contributed by atoms with van der Waals surface area (Å²) in [5.41, 5.74) is 5.96. The molecule has 2 amide bonds. The van der Waals surface area contributed by atoms with Crippen LogP contribution in [-0.4, -0.2) is 35.6 Å². The average molecular weight is 211 g/mol. The third-order valence-electron chi connectivity index (χ3n) is 3.53. The van der Waals surface area contributed by atoms with Crippen molar-refractivity contribution < 1.29 is 4.79 Å². The van der Waals surface area contributed by atoms with E-state index in [0.717, 1.165) is 38.6 Å². The number of urea groups is 1. The molecule has 2 bridgehead atoms. The molecular formula is C11H21N3O. The fourth-order valence-electron chi connectivity index (χ4n) is 2.87. The van der Waals surface area contributed by atoms with Crippen LogP contribution in [0.2, 0.25) is 0 Å². The van der Waals surface area contributed by atoms with E-state index in [1.165, 1.54) is 0 Å². The summed E-state index contributed by atoms with van der Waals surface area (Å²) in [5, 5.41) is 2.96. The van der Waals surface area contributed by atoms with Gasteiger partial charge in [-0.25, -0.2) is 4.79 Å². The van der Waals surface area contributed by atoms with Crippen LogP contribution in [0.5, 0.6) is 0 Å². The monoisotopic (exact) mass is 211 g/mol. The summed E-state index contributed by atoms with van der Waals surface area (Å²) in [4.78, 5) is 13.9. The van der Waals surface area contributed by atoms with Crippen molar-refractivity contribution in [3.8, 4) is 0 Å². The Balaban J connectivity index is 1.95. The number of fused-ring (bicyclic) bond motifs is 2. The van der Waals surface area contributed by atoms with Gasteiger partial charge in [0, 0.05) is 24.7 Å². The number of hydrogen-bond acceptors (Lipinski definition) is 2. The number of nitrogens with one attached hydrogen (secondary N) is 1. The molecule has 86 valence electrons. The molecule has 0 aromatic rings. The minimum Gasteiger partial charge on any atom is -0.338 e. The van der Waals surface area contributed by atoms with E-state index in [9.17, 15) is 4.79 Å². The zero-order chi connectivity index (χ0) is 10.8. The van der Waals surface area contributed by atoms with Crippen LogP contribution in [0.25, 0.3) is 0 Å². The van der Waals surface area contributed by atoms with E-state index in [-0.39, 0.29) is 6.03 Å². The fourth-order valence-corrected chi connectivity index (χ4v) is 2.87. The molecule has 2 aliphatic heterocycles. The van der Waals surface area contributed by atoms with Gasteiger partial charge in [-0.15, -0.1) is 0 Å². The first-order chi connectivity index (χ1) is 7.22. The summed E-state index contributed by atoms with van der Waals surface area (Å²) in [6.45, 7) is 2.85. The van der Waals surface area contributed by atoms with Crippen LogP contribution in [0, 0.1) is 0 Å². The number of carbonyl (C=O) groups excluding carboxylic acids is 1. The summed E-state index contributed by atoms with van der Waals surface area (Å²) in [6, 6.07) is 1.22. The molecule has 2 aliphatic rings. The third-order valence-corrected chi connectivity index (χ3v) is 3.53. The molecule has 2 heterocycles. The number of carbonyl (C=O) groups is 1. The van der Waals surface area contributed by atoms with E-state index in [0.29, 0.717) is 18.1 Å². The third kappa shape index (κ3) is 2.09. The number of hydrogen-bond donors (Lipinski definition) is 2. The van der Waals surface area contributed by atoms with E-state index in [1.54, 1.807) is 0 Å². The van der Waals surface area contributed by atoms with Gasteiger partial charge in [0.1, 0.15) is 0 Å². The van der Waals surface area contributed by atoms with Gasteiger partial charge in [0.05, 0.1) is 0 Å². The minimum absolute atomic E-state index is 0.122. The Morgan fingerprint density at radius 1 is 1.40 bits per heavy atom.